The van der Waals surface area contributed by atoms with Crippen LogP contribution in [0.4, 0.5) is 13.2 Å². The predicted octanol–water partition coefficient (Wildman–Crippen LogP) is 3.09. The van der Waals surface area contributed by atoms with Crippen LogP contribution in [0.3, 0.4) is 0 Å². The number of alkyl halides is 3. The Morgan fingerprint density at radius 1 is 1.17 bits per heavy atom. The Kier molecular flexibility index (Phi) is 4.00. The van der Waals surface area contributed by atoms with Crippen LogP contribution >= 0.6 is 0 Å². The van der Waals surface area contributed by atoms with Crippen molar-refractivity contribution in [2.45, 2.75) is 12.6 Å². The van der Waals surface area contributed by atoms with Crippen molar-refractivity contribution in [2.75, 3.05) is 7.11 Å². The first-order valence-electron chi connectivity index (χ1n) is 6.94. The summed E-state index contributed by atoms with van der Waals surface area (Å²) < 4.78 is 49.7. The molecular weight excluding hydrogens is 325 g/mol. The number of halogens is 3. The van der Waals surface area contributed by atoms with E-state index in [1.165, 1.54) is 7.05 Å². The highest BCUT2D eigenvalue weighted by molar-refractivity contribution is 5.48. The van der Waals surface area contributed by atoms with Crippen molar-refractivity contribution in [3.05, 3.63) is 47.5 Å². The summed E-state index contributed by atoms with van der Waals surface area (Å²) in [6.07, 6.45) is -4.16. The van der Waals surface area contributed by atoms with E-state index in [1.54, 1.807) is 19.2 Å². The maximum absolute atomic E-state index is 12.7. The van der Waals surface area contributed by atoms with Gasteiger partial charge in [0.25, 0.3) is 5.89 Å². The van der Waals surface area contributed by atoms with Crippen LogP contribution < -0.4 is 4.74 Å². The Morgan fingerprint density at radius 3 is 2.46 bits per heavy atom. The highest BCUT2D eigenvalue weighted by atomic mass is 19.4. The van der Waals surface area contributed by atoms with Crippen LogP contribution in [0.25, 0.3) is 11.6 Å². The third kappa shape index (κ3) is 3.24. The lowest BCUT2D eigenvalue weighted by Crippen LogP contribution is -2.06. The molecule has 0 N–H and O–H groups in total. The zero-order chi connectivity index (χ0) is 17.3. The van der Waals surface area contributed by atoms with E-state index in [-0.39, 0.29) is 11.6 Å². The Balaban J connectivity index is 1.81. The number of aromatic nitrogens is 4. The standard InChI is InChI=1S/C15H13F3N4O2/c1-22-11(8-12(21-22)15(16,17)18)14-20-19-13(24-14)7-9-3-5-10(23-2)6-4-9/h3-6,8H,7H2,1-2H3. The van der Waals surface area contributed by atoms with Gasteiger partial charge in [0, 0.05) is 13.1 Å². The van der Waals surface area contributed by atoms with Crippen molar-refractivity contribution >= 4 is 0 Å². The third-order valence-corrected chi connectivity index (χ3v) is 3.37. The molecule has 0 aliphatic heterocycles. The first-order chi connectivity index (χ1) is 11.4. The van der Waals surface area contributed by atoms with E-state index in [1.807, 2.05) is 12.1 Å². The Bertz CT molecular complexity index is 837. The lowest BCUT2D eigenvalue weighted by atomic mass is 10.1. The minimum atomic E-state index is -4.53. The van der Waals surface area contributed by atoms with Crippen LogP contribution in [0, 0.1) is 0 Å². The molecule has 0 aliphatic rings. The lowest BCUT2D eigenvalue weighted by Gasteiger charge is -2.00. The zero-order valence-electron chi connectivity index (χ0n) is 12.8. The minimum absolute atomic E-state index is 0.0102. The van der Waals surface area contributed by atoms with Gasteiger partial charge < -0.3 is 9.15 Å². The quantitative estimate of drug-likeness (QED) is 0.731. The molecule has 126 valence electrons. The Morgan fingerprint density at radius 2 is 1.88 bits per heavy atom. The van der Waals surface area contributed by atoms with E-state index < -0.39 is 11.9 Å². The monoisotopic (exact) mass is 338 g/mol. The summed E-state index contributed by atoms with van der Waals surface area (Å²) in [5.74, 6) is 1.01. The molecular formula is C15H13F3N4O2. The molecule has 2 heterocycles. The van der Waals surface area contributed by atoms with Crippen molar-refractivity contribution in [1.29, 1.82) is 0 Å². The van der Waals surface area contributed by atoms with E-state index in [0.717, 1.165) is 22.1 Å². The van der Waals surface area contributed by atoms with Gasteiger partial charge in [0.05, 0.1) is 13.5 Å². The maximum atomic E-state index is 12.7. The first kappa shape index (κ1) is 16.0. The molecule has 0 unspecified atom stereocenters. The maximum Gasteiger partial charge on any atom is 0.435 e. The van der Waals surface area contributed by atoms with E-state index in [0.29, 0.717) is 12.3 Å². The molecule has 3 rings (SSSR count). The molecule has 3 aromatic rings. The van der Waals surface area contributed by atoms with Crippen LogP contribution in [0.15, 0.2) is 34.7 Å². The largest absolute Gasteiger partial charge is 0.497 e. The van der Waals surface area contributed by atoms with Gasteiger partial charge in [0.15, 0.2) is 5.69 Å². The summed E-state index contributed by atoms with van der Waals surface area (Å²) in [7, 11) is 2.96. The fourth-order valence-electron chi connectivity index (χ4n) is 2.15. The lowest BCUT2D eigenvalue weighted by molar-refractivity contribution is -0.141. The second kappa shape index (κ2) is 5.99. The van der Waals surface area contributed by atoms with E-state index in [9.17, 15) is 13.2 Å². The van der Waals surface area contributed by atoms with Gasteiger partial charge >= 0.3 is 6.18 Å². The molecule has 0 fully saturated rings. The topological polar surface area (TPSA) is 66.0 Å². The summed E-state index contributed by atoms with van der Waals surface area (Å²) in [6.45, 7) is 0. The minimum Gasteiger partial charge on any atom is -0.497 e. The van der Waals surface area contributed by atoms with Crippen LogP contribution in [0.2, 0.25) is 0 Å². The number of hydrogen-bond donors (Lipinski definition) is 0. The Labute approximate surface area is 134 Å². The number of methoxy groups -OCH3 is 1. The average Bonchev–Trinajstić information content (AvgIpc) is 3.14. The van der Waals surface area contributed by atoms with E-state index in [4.69, 9.17) is 9.15 Å². The van der Waals surface area contributed by atoms with E-state index >= 15 is 0 Å². The molecule has 0 atom stereocenters. The first-order valence-corrected chi connectivity index (χ1v) is 6.94. The molecule has 2 aromatic heterocycles. The van der Waals surface area contributed by atoms with Gasteiger partial charge in [-0.15, -0.1) is 10.2 Å². The summed E-state index contributed by atoms with van der Waals surface area (Å²) in [5.41, 5.74) is 0.0118. The smallest absolute Gasteiger partial charge is 0.435 e. The van der Waals surface area contributed by atoms with Gasteiger partial charge in [-0.3, -0.25) is 4.68 Å². The van der Waals surface area contributed by atoms with Gasteiger partial charge in [0.2, 0.25) is 5.89 Å². The summed E-state index contributed by atoms with van der Waals surface area (Å²) in [6, 6.07) is 8.15. The highest BCUT2D eigenvalue weighted by Crippen LogP contribution is 2.31. The SMILES string of the molecule is COc1ccc(Cc2nnc(-c3cc(C(F)(F)F)nn3C)o2)cc1. The number of nitrogens with zero attached hydrogens (tertiary/aromatic N) is 4. The van der Waals surface area contributed by atoms with Crippen molar-refractivity contribution in [1.82, 2.24) is 20.0 Å². The molecule has 6 nitrogen and oxygen atoms in total. The van der Waals surface area contributed by atoms with Crippen LogP contribution in [-0.2, 0) is 19.6 Å². The van der Waals surface area contributed by atoms with Crippen molar-refractivity contribution in [3.8, 4) is 17.3 Å². The van der Waals surface area contributed by atoms with Crippen LogP contribution in [0.5, 0.6) is 5.75 Å². The van der Waals surface area contributed by atoms with Crippen LogP contribution in [0.1, 0.15) is 17.1 Å². The third-order valence-electron chi connectivity index (χ3n) is 3.37. The molecule has 9 heteroatoms. The van der Waals surface area contributed by atoms with Crippen LogP contribution in [-0.4, -0.2) is 27.1 Å². The molecule has 0 saturated heterocycles. The van der Waals surface area contributed by atoms with Gasteiger partial charge in [-0.25, -0.2) is 0 Å². The number of rotatable bonds is 4. The second-order valence-electron chi connectivity index (χ2n) is 5.06. The highest BCUT2D eigenvalue weighted by Gasteiger charge is 2.35. The van der Waals surface area contributed by atoms with Crippen molar-refractivity contribution in [3.63, 3.8) is 0 Å². The average molecular weight is 338 g/mol. The molecule has 0 saturated carbocycles. The normalized spacial score (nSPS) is 11.7. The Hall–Kier alpha value is -2.84. The fourth-order valence-corrected chi connectivity index (χ4v) is 2.15. The van der Waals surface area contributed by atoms with E-state index in [2.05, 4.69) is 15.3 Å². The molecule has 0 amide bonds. The number of ether oxygens (including phenoxy) is 1. The number of hydrogen-bond acceptors (Lipinski definition) is 5. The van der Waals surface area contributed by atoms with Gasteiger partial charge in [-0.1, -0.05) is 12.1 Å². The molecule has 24 heavy (non-hydrogen) atoms. The molecule has 0 bridgehead atoms. The van der Waals surface area contributed by atoms with Gasteiger partial charge in [-0.2, -0.15) is 18.3 Å². The van der Waals surface area contributed by atoms with Gasteiger partial charge in [-0.05, 0) is 17.7 Å². The van der Waals surface area contributed by atoms with Gasteiger partial charge in [0.1, 0.15) is 11.4 Å². The molecule has 0 aliphatic carbocycles. The second-order valence-corrected chi connectivity index (χ2v) is 5.06. The number of aryl methyl sites for hydroxylation is 1. The predicted molar refractivity (Wildman–Crippen MR) is 77.3 cm³/mol. The summed E-state index contributed by atoms with van der Waals surface area (Å²) in [4.78, 5) is 0. The number of benzene rings is 1. The van der Waals surface area contributed by atoms with Crippen molar-refractivity contribution < 1.29 is 22.3 Å². The van der Waals surface area contributed by atoms with Crippen molar-refractivity contribution in [2.24, 2.45) is 7.05 Å². The molecule has 1 aromatic carbocycles. The molecule has 0 radical (unpaired) electrons. The zero-order valence-corrected chi connectivity index (χ0v) is 12.8. The summed E-state index contributed by atoms with van der Waals surface area (Å²) >= 11 is 0. The summed E-state index contributed by atoms with van der Waals surface area (Å²) in [5, 5.41) is 11.1. The molecule has 0 spiro atoms. The fraction of sp³-hybridized carbons (Fsp3) is 0.267.